The number of hydrogen-bond donors (Lipinski definition) is 1. The van der Waals surface area contributed by atoms with E-state index in [-0.39, 0.29) is 33.8 Å². The van der Waals surface area contributed by atoms with Gasteiger partial charge in [0.15, 0.2) is 6.61 Å². The Morgan fingerprint density at radius 1 is 1.16 bits per heavy atom. The van der Waals surface area contributed by atoms with Crippen molar-refractivity contribution in [2.45, 2.75) is 37.6 Å². The van der Waals surface area contributed by atoms with E-state index in [9.17, 15) is 26.4 Å². The van der Waals surface area contributed by atoms with Gasteiger partial charge >= 0.3 is 12.1 Å². The largest absolute Gasteiger partial charge is 0.452 e. The first-order valence-electron chi connectivity index (χ1n) is 9.25. The van der Waals surface area contributed by atoms with Crippen LogP contribution in [0.25, 0.3) is 11.4 Å². The van der Waals surface area contributed by atoms with Gasteiger partial charge in [-0.1, -0.05) is 17.3 Å². The summed E-state index contributed by atoms with van der Waals surface area (Å²) in [7, 11) is -3.70. The third-order valence-corrected chi connectivity index (χ3v) is 5.71. The summed E-state index contributed by atoms with van der Waals surface area (Å²) in [6, 6.07) is 9.22. The maximum atomic E-state index is 12.8. The highest BCUT2D eigenvalue weighted by atomic mass is 32.2. The third-order valence-electron chi connectivity index (χ3n) is 4.03. The van der Waals surface area contributed by atoms with Crippen molar-refractivity contribution in [2.75, 3.05) is 0 Å². The molecule has 0 fully saturated rings. The van der Waals surface area contributed by atoms with Crippen molar-refractivity contribution < 1.29 is 35.6 Å². The van der Waals surface area contributed by atoms with Gasteiger partial charge < -0.3 is 9.26 Å². The molecule has 0 saturated carbocycles. The smallest absolute Gasteiger partial charge is 0.416 e. The van der Waals surface area contributed by atoms with Gasteiger partial charge in [0.2, 0.25) is 15.8 Å². The van der Waals surface area contributed by atoms with Gasteiger partial charge in [-0.2, -0.15) is 18.2 Å². The van der Waals surface area contributed by atoms with Crippen LogP contribution in [-0.2, 0) is 27.5 Å². The zero-order valence-electron chi connectivity index (χ0n) is 16.9. The molecule has 0 unspecified atom stereocenters. The number of aromatic nitrogens is 2. The van der Waals surface area contributed by atoms with Crippen LogP contribution in [0.1, 0.15) is 35.7 Å². The molecule has 2 aromatic carbocycles. The molecule has 1 aromatic heterocycles. The summed E-state index contributed by atoms with van der Waals surface area (Å²) in [6.07, 6.45) is -4.52. The fourth-order valence-corrected chi connectivity index (χ4v) is 3.88. The molecule has 0 aliphatic heterocycles. The number of esters is 1. The topological polar surface area (TPSA) is 111 Å². The van der Waals surface area contributed by atoms with Gasteiger partial charge in [-0.3, -0.25) is 0 Å². The number of ether oxygens (including phenoxy) is 1. The van der Waals surface area contributed by atoms with E-state index in [2.05, 4.69) is 14.9 Å². The second-order valence-electron chi connectivity index (χ2n) is 6.97. The van der Waals surface area contributed by atoms with E-state index in [1.807, 2.05) is 0 Å². The Balaban J connectivity index is 1.65. The van der Waals surface area contributed by atoms with Crippen molar-refractivity contribution in [3.8, 4) is 11.4 Å². The molecule has 0 amide bonds. The fraction of sp³-hybridized carbons (Fsp3) is 0.250. The lowest BCUT2D eigenvalue weighted by molar-refractivity contribution is -0.137. The summed E-state index contributed by atoms with van der Waals surface area (Å²) in [4.78, 5) is 16.1. The van der Waals surface area contributed by atoms with Crippen LogP contribution in [0.2, 0.25) is 0 Å². The zero-order chi connectivity index (χ0) is 23.5. The molecule has 3 rings (SSSR count). The summed E-state index contributed by atoms with van der Waals surface area (Å²) in [6.45, 7) is 2.94. The number of nitrogens with one attached hydrogen (secondary N) is 1. The second kappa shape index (κ2) is 9.09. The number of sulfonamides is 1. The van der Waals surface area contributed by atoms with Gasteiger partial charge in [0, 0.05) is 11.6 Å². The Kier molecular flexibility index (Phi) is 6.65. The molecule has 1 heterocycles. The van der Waals surface area contributed by atoms with E-state index in [0.717, 1.165) is 12.1 Å². The maximum absolute atomic E-state index is 12.8. The number of benzene rings is 2. The predicted molar refractivity (Wildman–Crippen MR) is 106 cm³/mol. The molecule has 0 bridgehead atoms. The summed E-state index contributed by atoms with van der Waals surface area (Å²) in [5.74, 6) is -0.981. The van der Waals surface area contributed by atoms with Crippen molar-refractivity contribution in [1.82, 2.24) is 14.9 Å². The van der Waals surface area contributed by atoms with Crippen molar-refractivity contribution in [1.29, 1.82) is 0 Å². The SMILES string of the molecule is CC(C)NS(=O)(=O)c1ccc(C(=O)OCc2nc(-c3cccc(C(F)(F)F)c3)no2)cc1. The maximum Gasteiger partial charge on any atom is 0.416 e. The Hall–Kier alpha value is -3.25. The lowest BCUT2D eigenvalue weighted by Crippen LogP contribution is -2.30. The van der Waals surface area contributed by atoms with Crippen LogP contribution in [0.15, 0.2) is 57.9 Å². The number of halogens is 3. The highest BCUT2D eigenvalue weighted by molar-refractivity contribution is 7.89. The van der Waals surface area contributed by atoms with E-state index in [4.69, 9.17) is 9.26 Å². The lowest BCUT2D eigenvalue weighted by atomic mass is 10.1. The number of nitrogens with zero attached hydrogens (tertiary/aromatic N) is 2. The molecule has 12 heteroatoms. The van der Waals surface area contributed by atoms with E-state index in [1.54, 1.807) is 13.8 Å². The van der Waals surface area contributed by atoms with Gasteiger partial charge in [-0.25, -0.2) is 17.9 Å². The standard InChI is InChI=1S/C20H18F3N3O5S/c1-12(2)26-32(28,29)16-8-6-13(7-9-16)19(27)30-11-17-24-18(25-31-17)14-4-3-5-15(10-14)20(21,22)23/h3-10,12,26H,11H2,1-2H3. The fourth-order valence-electron chi connectivity index (χ4n) is 2.62. The summed E-state index contributed by atoms with van der Waals surface area (Å²) < 4.78 is 75.2. The van der Waals surface area contributed by atoms with Gasteiger partial charge in [0.25, 0.3) is 5.89 Å². The molecule has 0 atom stereocenters. The molecule has 32 heavy (non-hydrogen) atoms. The monoisotopic (exact) mass is 469 g/mol. The van der Waals surface area contributed by atoms with Gasteiger partial charge in [-0.05, 0) is 50.2 Å². The Bertz CT molecular complexity index is 1210. The molecule has 0 aliphatic carbocycles. The van der Waals surface area contributed by atoms with Crippen LogP contribution >= 0.6 is 0 Å². The van der Waals surface area contributed by atoms with Crippen molar-refractivity contribution in [3.05, 3.63) is 65.5 Å². The number of alkyl halides is 3. The van der Waals surface area contributed by atoms with Crippen LogP contribution in [0, 0.1) is 0 Å². The van der Waals surface area contributed by atoms with Crippen LogP contribution in [0.3, 0.4) is 0 Å². The quantitative estimate of drug-likeness (QED) is 0.524. The molecular weight excluding hydrogens is 451 g/mol. The highest BCUT2D eigenvalue weighted by Crippen LogP contribution is 2.31. The molecule has 8 nitrogen and oxygen atoms in total. The molecule has 0 spiro atoms. The van der Waals surface area contributed by atoms with Crippen molar-refractivity contribution in [2.24, 2.45) is 0 Å². The first kappa shape index (κ1) is 23.4. The van der Waals surface area contributed by atoms with E-state index in [1.165, 1.54) is 36.4 Å². The first-order valence-corrected chi connectivity index (χ1v) is 10.7. The number of hydrogen-bond acceptors (Lipinski definition) is 7. The Labute approximate surface area is 181 Å². The predicted octanol–water partition coefficient (Wildman–Crippen LogP) is 3.80. The highest BCUT2D eigenvalue weighted by Gasteiger charge is 2.30. The molecule has 0 aliphatic rings. The first-order chi connectivity index (χ1) is 15.0. The summed E-state index contributed by atoms with van der Waals surface area (Å²) >= 11 is 0. The Morgan fingerprint density at radius 2 is 1.84 bits per heavy atom. The minimum atomic E-state index is -4.52. The Morgan fingerprint density at radius 3 is 2.47 bits per heavy atom. The average molecular weight is 469 g/mol. The zero-order valence-corrected chi connectivity index (χ0v) is 17.7. The number of carbonyl (C=O) groups is 1. The van der Waals surface area contributed by atoms with Gasteiger partial charge in [-0.15, -0.1) is 0 Å². The number of carbonyl (C=O) groups excluding carboxylic acids is 1. The molecule has 1 N–H and O–H groups in total. The summed E-state index contributed by atoms with van der Waals surface area (Å²) in [5, 5.41) is 3.60. The third kappa shape index (κ3) is 5.71. The normalized spacial score (nSPS) is 12.2. The van der Waals surface area contributed by atoms with Crippen LogP contribution < -0.4 is 4.72 Å². The van der Waals surface area contributed by atoms with Crippen molar-refractivity contribution in [3.63, 3.8) is 0 Å². The van der Waals surface area contributed by atoms with Crippen LogP contribution in [0.5, 0.6) is 0 Å². The van der Waals surface area contributed by atoms with Crippen LogP contribution in [-0.4, -0.2) is 30.6 Å². The van der Waals surface area contributed by atoms with E-state index < -0.39 is 34.3 Å². The average Bonchev–Trinajstić information content (AvgIpc) is 3.20. The lowest BCUT2D eigenvalue weighted by Gasteiger charge is -2.09. The molecule has 0 radical (unpaired) electrons. The molecule has 3 aromatic rings. The summed E-state index contributed by atoms with van der Waals surface area (Å²) in [5.41, 5.74) is -0.680. The minimum absolute atomic E-state index is 0.00891. The van der Waals surface area contributed by atoms with E-state index >= 15 is 0 Å². The van der Waals surface area contributed by atoms with Gasteiger partial charge in [0.1, 0.15) is 0 Å². The molecule has 0 saturated heterocycles. The van der Waals surface area contributed by atoms with Crippen molar-refractivity contribution >= 4 is 16.0 Å². The van der Waals surface area contributed by atoms with Gasteiger partial charge in [0.05, 0.1) is 16.0 Å². The second-order valence-corrected chi connectivity index (χ2v) is 8.68. The van der Waals surface area contributed by atoms with E-state index in [0.29, 0.717) is 0 Å². The minimum Gasteiger partial charge on any atom is -0.452 e. The molecule has 170 valence electrons. The number of rotatable bonds is 7. The van der Waals surface area contributed by atoms with Crippen LogP contribution in [0.4, 0.5) is 13.2 Å². The molecular formula is C20H18F3N3O5S.